The van der Waals surface area contributed by atoms with E-state index >= 15 is 0 Å². The third kappa shape index (κ3) is 2.93. The predicted octanol–water partition coefficient (Wildman–Crippen LogP) is 2.75. The molecule has 0 aromatic carbocycles. The van der Waals surface area contributed by atoms with E-state index in [0.717, 1.165) is 25.7 Å². The van der Waals surface area contributed by atoms with Crippen molar-refractivity contribution in [2.75, 3.05) is 0 Å². The lowest BCUT2D eigenvalue weighted by molar-refractivity contribution is -0.129. The Morgan fingerprint density at radius 1 is 1.43 bits per heavy atom. The Balaban J connectivity index is 2.36. The van der Waals surface area contributed by atoms with Gasteiger partial charge >= 0.3 is 0 Å². The number of ketones is 2. The van der Waals surface area contributed by atoms with E-state index in [1.165, 1.54) is 0 Å². The van der Waals surface area contributed by atoms with E-state index in [4.69, 9.17) is 0 Å². The lowest BCUT2D eigenvalue weighted by Gasteiger charge is -2.24. The van der Waals surface area contributed by atoms with Crippen LogP contribution in [0, 0.1) is 11.8 Å². The van der Waals surface area contributed by atoms with Crippen molar-refractivity contribution >= 4 is 11.6 Å². The molecular formula is C12H20O2. The van der Waals surface area contributed by atoms with Crippen molar-refractivity contribution < 1.29 is 9.59 Å². The standard InChI is InChI=1S/C12H20O2/c1-3-11(13)8-7-10-6-4-5-9(2)12(10)14/h9-10H,3-8H2,1-2H3. The van der Waals surface area contributed by atoms with Gasteiger partial charge in [-0.3, -0.25) is 9.59 Å². The largest absolute Gasteiger partial charge is 0.300 e. The first-order chi connectivity index (χ1) is 6.65. The molecular weight excluding hydrogens is 176 g/mol. The zero-order chi connectivity index (χ0) is 10.6. The number of hydrogen-bond acceptors (Lipinski definition) is 2. The highest BCUT2D eigenvalue weighted by Gasteiger charge is 2.27. The van der Waals surface area contributed by atoms with Crippen LogP contribution < -0.4 is 0 Å². The van der Waals surface area contributed by atoms with Gasteiger partial charge in [-0.05, 0) is 19.3 Å². The van der Waals surface area contributed by atoms with Crippen LogP contribution in [-0.2, 0) is 9.59 Å². The quantitative estimate of drug-likeness (QED) is 0.692. The van der Waals surface area contributed by atoms with E-state index in [9.17, 15) is 9.59 Å². The molecule has 2 nitrogen and oxygen atoms in total. The Bertz CT molecular complexity index is 220. The van der Waals surface area contributed by atoms with Gasteiger partial charge in [0.25, 0.3) is 0 Å². The second-order valence-electron chi connectivity index (χ2n) is 4.36. The molecule has 0 aromatic rings. The smallest absolute Gasteiger partial charge is 0.138 e. The zero-order valence-electron chi connectivity index (χ0n) is 9.21. The summed E-state index contributed by atoms with van der Waals surface area (Å²) in [5, 5.41) is 0. The van der Waals surface area contributed by atoms with Gasteiger partial charge in [-0.15, -0.1) is 0 Å². The van der Waals surface area contributed by atoms with Crippen LogP contribution in [0.25, 0.3) is 0 Å². The summed E-state index contributed by atoms with van der Waals surface area (Å²) in [7, 11) is 0. The lowest BCUT2D eigenvalue weighted by atomic mass is 9.79. The van der Waals surface area contributed by atoms with Crippen LogP contribution in [0.5, 0.6) is 0 Å². The molecule has 1 saturated carbocycles. The summed E-state index contributed by atoms with van der Waals surface area (Å²) in [6.07, 6.45) is 5.18. The Labute approximate surface area is 86.1 Å². The molecule has 80 valence electrons. The van der Waals surface area contributed by atoms with Crippen LogP contribution in [0.15, 0.2) is 0 Å². The van der Waals surface area contributed by atoms with E-state index in [0.29, 0.717) is 18.6 Å². The third-order valence-corrected chi connectivity index (χ3v) is 3.24. The zero-order valence-corrected chi connectivity index (χ0v) is 9.21. The Kier molecular flexibility index (Phi) is 4.30. The maximum absolute atomic E-state index is 11.7. The monoisotopic (exact) mass is 196 g/mol. The molecule has 0 spiro atoms. The molecule has 2 unspecified atom stereocenters. The number of hydrogen-bond donors (Lipinski definition) is 0. The van der Waals surface area contributed by atoms with Crippen molar-refractivity contribution in [2.45, 2.75) is 52.4 Å². The number of Topliss-reactive ketones (excluding diaryl/α,β-unsaturated/α-hetero) is 2. The van der Waals surface area contributed by atoms with Crippen LogP contribution in [0.3, 0.4) is 0 Å². The average Bonchev–Trinajstić information content (AvgIpc) is 2.20. The van der Waals surface area contributed by atoms with Crippen molar-refractivity contribution in [1.29, 1.82) is 0 Å². The number of rotatable bonds is 4. The Morgan fingerprint density at radius 2 is 2.14 bits per heavy atom. The summed E-state index contributed by atoms with van der Waals surface area (Å²) >= 11 is 0. The molecule has 0 aromatic heterocycles. The molecule has 14 heavy (non-hydrogen) atoms. The molecule has 0 N–H and O–H groups in total. The first kappa shape index (κ1) is 11.4. The van der Waals surface area contributed by atoms with Crippen molar-refractivity contribution in [2.24, 2.45) is 11.8 Å². The molecule has 2 atom stereocenters. The van der Waals surface area contributed by atoms with E-state index < -0.39 is 0 Å². The first-order valence-corrected chi connectivity index (χ1v) is 5.70. The van der Waals surface area contributed by atoms with Gasteiger partial charge < -0.3 is 0 Å². The van der Waals surface area contributed by atoms with E-state index in [-0.39, 0.29) is 17.6 Å². The summed E-state index contributed by atoms with van der Waals surface area (Å²) in [6, 6.07) is 0. The van der Waals surface area contributed by atoms with E-state index in [1.54, 1.807) is 0 Å². The fourth-order valence-corrected chi connectivity index (χ4v) is 2.16. The molecule has 0 heterocycles. The van der Waals surface area contributed by atoms with Crippen molar-refractivity contribution in [3.8, 4) is 0 Å². The summed E-state index contributed by atoms with van der Waals surface area (Å²) in [4.78, 5) is 22.8. The van der Waals surface area contributed by atoms with Gasteiger partial charge in [-0.25, -0.2) is 0 Å². The van der Waals surface area contributed by atoms with Crippen molar-refractivity contribution in [3.63, 3.8) is 0 Å². The second-order valence-corrected chi connectivity index (χ2v) is 4.36. The maximum Gasteiger partial charge on any atom is 0.138 e. The first-order valence-electron chi connectivity index (χ1n) is 5.70. The van der Waals surface area contributed by atoms with Gasteiger partial charge in [-0.2, -0.15) is 0 Å². The van der Waals surface area contributed by atoms with Crippen LogP contribution >= 0.6 is 0 Å². The summed E-state index contributed by atoms with van der Waals surface area (Å²) < 4.78 is 0. The highest BCUT2D eigenvalue weighted by Crippen LogP contribution is 2.28. The molecule has 1 rings (SSSR count). The van der Waals surface area contributed by atoms with Gasteiger partial charge in [0.2, 0.25) is 0 Å². The minimum absolute atomic E-state index is 0.175. The lowest BCUT2D eigenvalue weighted by Crippen LogP contribution is -2.26. The third-order valence-electron chi connectivity index (χ3n) is 3.24. The molecule has 1 aliphatic carbocycles. The van der Waals surface area contributed by atoms with Crippen molar-refractivity contribution in [1.82, 2.24) is 0 Å². The maximum atomic E-state index is 11.7. The molecule has 0 saturated heterocycles. The van der Waals surface area contributed by atoms with Crippen LogP contribution in [0.4, 0.5) is 0 Å². The van der Waals surface area contributed by atoms with Crippen LogP contribution in [0.1, 0.15) is 52.4 Å². The fourth-order valence-electron chi connectivity index (χ4n) is 2.16. The number of carbonyl (C=O) groups excluding carboxylic acids is 2. The predicted molar refractivity (Wildman–Crippen MR) is 56.0 cm³/mol. The van der Waals surface area contributed by atoms with E-state index in [2.05, 4.69) is 0 Å². The average molecular weight is 196 g/mol. The molecule has 1 fully saturated rings. The molecule has 0 radical (unpaired) electrons. The Hall–Kier alpha value is -0.660. The van der Waals surface area contributed by atoms with Gasteiger partial charge in [-0.1, -0.05) is 20.3 Å². The molecule has 0 aliphatic heterocycles. The van der Waals surface area contributed by atoms with Gasteiger partial charge in [0.1, 0.15) is 11.6 Å². The van der Waals surface area contributed by atoms with Crippen LogP contribution in [0.2, 0.25) is 0 Å². The van der Waals surface area contributed by atoms with Crippen LogP contribution in [-0.4, -0.2) is 11.6 Å². The minimum atomic E-state index is 0.175. The fraction of sp³-hybridized carbons (Fsp3) is 0.833. The molecule has 0 bridgehead atoms. The SMILES string of the molecule is CCC(=O)CCC1CCCC(C)C1=O. The highest BCUT2D eigenvalue weighted by atomic mass is 16.1. The highest BCUT2D eigenvalue weighted by molar-refractivity contribution is 5.85. The molecule has 2 heteroatoms. The van der Waals surface area contributed by atoms with Gasteiger partial charge in [0.05, 0.1) is 0 Å². The second kappa shape index (κ2) is 5.28. The summed E-state index contributed by atoms with van der Waals surface area (Å²) in [5.41, 5.74) is 0. The molecule has 1 aliphatic rings. The Morgan fingerprint density at radius 3 is 2.79 bits per heavy atom. The summed E-state index contributed by atoms with van der Waals surface area (Å²) in [6.45, 7) is 3.89. The topological polar surface area (TPSA) is 34.1 Å². The van der Waals surface area contributed by atoms with E-state index in [1.807, 2.05) is 13.8 Å². The van der Waals surface area contributed by atoms with Gasteiger partial charge in [0.15, 0.2) is 0 Å². The molecule has 0 amide bonds. The summed E-state index contributed by atoms with van der Waals surface area (Å²) in [5.74, 6) is 1.08. The van der Waals surface area contributed by atoms with Crippen molar-refractivity contribution in [3.05, 3.63) is 0 Å². The van der Waals surface area contributed by atoms with Gasteiger partial charge in [0, 0.05) is 24.7 Å². The normalized spacial score (nSPS) is 27.7. The number of carbonyl (C=O) groups is 2. The minimum Gasteiger partial charge on any atom is -0.300 e.